The van der Waals surface area contributed by atoms with E-state index in [1.807, 2.05) is 37.3 Å². The molecule has 10 nitrogen and oxygen atoms in total. The first-order valence-corrected chi connectivity index (χ1v) is 12.8. The Morgan fingerprint density at radius 2 is 1.93 bits per heavy atom. The molecule has 11 heteroatoms. The van der Waals surface area contributed by atoms with E-state index in [-0.39, 0.29) is 11.5 Å². The molecule has 7 N–H and O–H groups in total. The first kappa shape index (κ1) is 26.6. The van der Waals surface area contributed by atoms with E-state index in [0.29, 0.717) is 53.2 Å². The van der Waals surface area contributed by atoms with Crippen molar-refractivity contribution in [1.29, 1.82) is 0 Å². The number of benzene rings is 2. The lowest BCUT2D eigenvalue weighted by molar-refractivity contribution is 0.0864. The number of nitrogens with one attached hydrogen (secondary N) is 2. The van der Waals surface area contributed by atoms with Crippen molar-refractivity contribution >= 4 is 35.2 Å². The zero-order valence-corrected chi connectivity index (χ0v) is 22.3. The van der Waals surface area contributed by atoms with Gasteiger partial charge in [-0.15, -0.1) is 0 Å². The predicted octanol–water partition coefficient (Wildman–Crippen LogP) is 4.20. The molecule has 0 saturated carbocycles. The van der Waals surface area contributed by atoms with Gasteiger partial charge >= 0.3 is 6.09 Å². The summed E-state index contributed by atoms with van der Waals surface area (Å²) in [6.07, 6.45) is 0.657. The highest BCUT2D eigenvalue weighted by molar-refractivity contribution is 6.31. The summed E-state index contributed by atoms with van der Waals surface area (Å²) in [6, 6.07) is 14.6. The van der Waals surface area contributed by atoms with Gasteiger partial charge in [0, 0.05) is 53.6 Å². The molecule has 0 atom stereocenters. The molecule has 40 heavy (non-hydrogen) atoms. The van der Waals surface area contributed by atoms with Gasteiger partial charge in [-0.05, 0) is 55.0 Å². The van der Waals surface area contributed by atoms with Crippen molar-refractivity contribution in [2.24, 2.45) is 11.7 Å². The fourth-order valence-corrected chi connectivity index (χ4v) is 4.65. The summed E-state index contributed by atoms with van der Waals surface area (Å²) in [4.78, 5) is 36.4. The minimum atomic E-state index is -0.880. The molecule has 0 spiro atoms. The van der Waals surface area contributed by atoms with Crippen LogP contribution in [0.1, 0.15) is 27.0 Å². The van der Waals surface area contributed by atoms with Gasteiger partial charge in [-0.1, -0.05) is 29.5 Å². The third-order valence-electron chi connectivity index (χ3n) is 6.66. The van der Waals surface area contributed by atoms with Gasteiger partial charge in [0.25, 0.3) is 5.91 Å². The highest BCUT2D eigenvalue weighted by atomic mass is 35.5. The minimum absolute atomic E-state index is 0.0598. The van der Waals surface area contributed by atoms with Crippen LogP contribution in [-0.4, -0.2) is 56.6 Å². The molecule has 0 radical (unpaired) electrons. The maximum absolute atomic E-state index is 12.3. The van der Waals surface area contributed by atoms with Crippen LogP contribution in [0.3, 0.4) is 0 Å². The van der Waals surface area contributed by atoms with E-state index < -0.39 is 12.0 Å². The number of likely N-dealkylation sites (tertiary alicyclic amines) is 1. The van der Waals surface area contributed by atoms with Crippen molar-refractivity contribution in [2.75, 3.05) is 30.7 Å². The quantitative estimate of drug-likeness (QED) is 0.222. The number of primary amides is 1. The monoisotopic (exact) mass is 555 g/mol. The van der Waals surface area contributed by atoms with Gasteiger partial charge in [-0.25, -0.2) is 14.8 Å². The molecule has 1 aliphatic heterocycles. The first-order chi connectivity index (χ1) is 19.2. The van der Waals surface area contributed by atoms with Gasteiger partial charge in [0.05, 0.1) is 22.5 Å². The molecule has 2 aromatic heterocycles. The van der Waals surface area contributed by atoms with Gasteiger partial charge in [-0.3, -0.25) is 4.79 Å². The molecule has 0 aliphatic carbocycles. The molecule has 1 saturated heterocycles. The number of carbonyl (C=O) groups is 2. The second-order valence-electron chi connectivity index (χ2n) is 9.55. The Hall–Kier alpha value is -5.01. The fraction of sp³-hybridized carbons (Fsp3) is 0.172. The number of aromatic nitrogens is 3. The summed E-state index contributed by atoms with van der Waals surface area (Å²) in [5, 5.41) is 12.8. The molecule has 1 fully saturated rings. The zero-order valence-electron chi connectivity index (χ0n) is 21.5. The molecule has 5 rings (SSSR count). The van der Waals surface area contributed by atoms with Crippen LogP contribution in [0.5, 0.6) is 0 Å². The Bertz CT molecular complexity index is 1670. The Balaban J connectivity index is 1.39. The number of anilines is 2. The number of amides is 2. The molecular formula is C29H26ClN7O3. The Kier molecular flexibility index (Phi) is 7.31. The Morgan fingerprint density at radius 3 is 2.62 bits per heavy atom. The maximum atomic E-state index is 12.3. The van der Waals surface area contributed by atoms with E-state index >= 15 is 0 Å². The Labute approximate surface area is 235 Å². The summed E-state index contributed by atoms with van der Waals surface area (Å²) in [5.74, 6) is 5.99. The average molecular weight is 556 g/mol. The van der Waals surface area contributed by atoms with Crippen LogP contribution in [0.15, 0.2) is 54.7 Å². The van der Waals surface area contributed by atoms with Gasteiger partial charge < -0.3 is 31.8 Å². The van der Waals surface area contributed by atoms with Crippen LogP contribution in [0.4, 0.5) is 16.4 Å². The molecule has 0 unspecified atom stereocenters. The van der Waals surface area contributed by atoms with Crippen LogP contribution in [0.2, 0.25) is 5.02 Å². The van der Waals surface area contributed by atoms with Crippen molar-refractivity contribution in [3.63, 3.8) is 0 Å². The van der Waals surface area contributed by atoms with E-state index in [9.17, 15) is 9.59 Å². The molecule has 4 aromatic rings. The molecule has 3 heterocycles. The smallest absolute Gasteiger partial charge is 0.407 e. The number of carbonyl (C=O) groups excluding carboxylic acids is 1. The number of hydrogen-bond acceptors (Lipinski definition) is 6. The van der Waals surface area contributed by atoms with Gasteiger partial charge in [-0.2, -0.15) is 0 Å². The molecule has 2 aromatic carbocycles. The minimum Gasteiger partial charge on any atom is -0.465 e. The largest absolute Gasteiger partial charge is 0.465 e. The Morgan fingerprint density at radius 1 is 1.18 bits per heavy atom. The number of carboxylic acid groups (broad SMARTS) is 1. The van der Waals surface area contributed by atoms with E-state index in [1.54, 1.807) is 18.2 Å². The number of nitrogens with zero attached hydrogens (tertiary/aromatic N) is 3. The molecule has 1 aliphatic rings. The average Bonchev–Trinajstić information content (AvgIpc) is 3.34. The van der Waals surface area contributed by atoms with Gasteiger partial charge in [0.1, 0.15) is 5.69 Å². The van der Waals surface area contributed by atoms with E-state index in [0.717, 1.165) is 22.4 Å². The third kappa shape index (κ3) is 5.70. The van der Waals surface area contributed by atoms with Crippen LogP contribution in [0.25, 0.3) is 22.6 Å². The van der Waals surface area contributed by atoms with Crippen molar-refractivity contribution in [1.82, 2.24) is 19.9 Å². The van der Waals surface area contributed by atoms with E-state index in [2.05, 4.69) is 32.1 Å². The molecular weight excluding hydrogens is 530 g/mol. The third-order valence-corrected chi connectivity index (χ3v) is 6.90. The van der Waals surface area contributed by atoms with Gasteiger partial charge in [0.15, 0.2) is 0 Å². The van der Waals surface area contributed by atoms with E-state index in [1.165, 1.54) is 11.1 Å². The van der Waals surface area contributed by atoms with Crippen LogP contribution < -0.4 is 16.8 Å². The fourth-order valence-electron chi connectivity index (χ4n) is 4.47. The number of hydrogen-bond donors (Lipinski definition) is 5. The molecule has 202 valence electrons. The maximum Gasteiger partial charge on any atom is 0.407 e. The number of nitrogens with two attached hydrogens (primary N) is 2. The number of halogens is 1. The lowest BCUT2D eigenvalue weighted by atomic mass is 10.0. The molecule has 2 amide bonds. The summed E-state index contributed by atoms with van der Waals surface area (Å²) < 4.78 is 0. The first-order valence-electron chi connectivity index (χ1n) is 12.4. The number of aryl methyl sites for hydroxylation is 1. The highest BCUT2D eigenvalue weighted by Gasteiger charge is 2.29. The summed E-state index contributed by atoms with van der Waals surface area (Å²) in [7, 11) is 0. The van der Waals surface area contributed by atoms with Crippen LogP contribution >= 0.6 is 11.6 Å². The van der Waals surface area contributed by atoms with Gasteiger partial charge in [0.2, 0.25) is 5.95 Å². The lowest BCUT2D eigenvalue weighted by Crippen LogP contribution is -2.51. The topological polar surface area (TPSA) is 163 Å². The van der Waals surface area contributed by atoms with Crippen molar-refractivity contribution in [3.8, 4) is 34.5 Å². The normalized spacial score (nSPS) is 12.8. The second-order valence-corrected chi connectivity index (χ2v) is 9.98. The summed E-state index contributed by atoms with van der Waals surface area (Å²) >= 11 is 6.22. The standard InChI is InChI=1S/C29H26ClN7O3/c1-16-2-7-20(30)10-22(16)26-23(27(31)38)11-24(35-26)25-19(13-34-28(32)36-25)6-3-17-4-8-21(9-5-17)33-12-18-14-37(15-18)29(39)40/h2,4-5,7-11,13,18,33,35H,12,14-15H2,1H3,(H2,31,38)(H,39,40)(H2,32,34,36). The summed E-state index contributed by atoms with van der Waals surface area (Å²) in [5.41, 5.74) is 17.2. The predicted molar refractivity (Wildman–Crippen MR) is 154 cm³/mol. The number of rotatable bonds is 6. The highest BCUT2D eigenvalue weighted by Crippen LogP contribution is 2.33. The van der Waals surface area contributed by atoms with Crippen molar-refractivity contribution in [3.05, 3.63) is 82.0 Å². The van der Waals surface area contributed by atoms with Crippen molar-refractivity contribution in [2.45, 2.75) is 6.92 Å². The lowest BCUT2D eigenvalue weighted by Gasteiger charge is -2.37. The second kappa shape index (κ2) is 11.0. The number of aromatic amines is 1. The molecule has 0 bridgehead atoms. The summed E-state index contributed by atoms with van der Waals surface area (Å²) in [6.45, 7) is 3.69. The van der Waals surface area contributed by atoms with Crippen LogP contribution in [-0.2, 0) is 0 Å². The van der Waals surface area contributed by atoms with E-state index in [4.69, 9.17) is 28.2 Å². The van der Waals surface area contributed by atoms with Crippen molar-refractivity contribution < 1.29 is 14.7 Å². The zero-order chi connectivity index (χ0) is 28.4. The SMILES string of the molecule is Cc1ccc(Cl)cc1-c1[nH]c(-c2nc(N)ncc2C#Cc2ccc(NCC3CN(C(=O)O)C3)cc2)cc1C(N)=O. The van der Waals surface area contributed by atoms with Crippen LogP contribution in [0, 0.1) is 24.7 Å². The number of H-pyrrole nitrogens is 1. The number of nitrogen functional groups attached to an aromatic ring is 1.